The third-order valence-corrected chi connectivity index (χ3v) is 28.1. The Morgan fingerprint density at radius 3 is 0.992 bits per heavy atom. The van der Waals surface area contributed by atoms with Crippen LogP contribution in [-0.4, -0.2) is 32.2 Å². The zero-order valence-electron chi connectivity index (χ0n) is 67.1. The van der Waals surface area contributed by atoms with Gasteiger partial charge in [0.05, 0.1) is 27.9 Å². The maximum absolute atomic E-state index is 15.9. The number of carbonyl (C=O) groups excluding carboxylic acids is 2. The Kier molecular flexibility index (Phi) is 17.5. The van der Waals surface area contributed by atoms with Crippen LogP contribution in [0.2, 0.25) is 0 Å². The number of terminal acetylenes is 6. The largest absolute Gasteiger partial charge is 0.507 e. The van der Waals surface area contributed by atoms with Gasteiger partial charge in [0.15, 0.2) is 0 Å². The Labute approximate surface area is 697 Å². The molecule has 6 N–H and O–H groups in total. The molecule has 119 heavy (non-hydrogen) atoms. The van der Waals surface area contributed by atoms with Crippen LogP contribution in [0.3, 0.4) is 0 Å². The normalized spacial score (nSPS) is 23.3. The predicted octanol–water partition coefficient (Wildman–Crippen LogP) is 23.8. The zero-order valence-corrected chi connectivity index (χ0v) is 67.1. The molecule has 0 aliphatic heterocycles. The van der Waals surface area contributed by atoms with Crippen LogP contribution < -0.4 is 10.6 Å². The summed E-state index contributed by atoms with van der Waals surface area (Å²) in [5.41, 5.74) is 9.99. The van der Waals surface area contributed by atoms with E-state index in [1.165, 1.54) is 11.1 Å². The Morgan fingerprint density at radius 2 is 0.664 bits per heavy atom. The van der Waals surface area contributed by atoms with Gasteiger partial charge in [-0.1, -0.05) is 233 Å². The average Bonchev–Trinajstić information content (AvgIpc) is 1.59. The summed E-state index contributed by atoms with van der Waals surface area (Å²) >= 11 is 0. The van der Waals surface area contributed by atoms with Gasteiger partial charge in [-0.2, -0.15) is 0 Å². The van der Waals surface area contributed by atoms with Gasteiger partial charge >= 0.3 is 0 Å². The fraction of sp³-hybridized carbons (Fsp3) is 0.225. The van der Waals surface area contributed by atoms with Crippen molar-refractivity contribution in [1.82, 2.24) is 0 Å². The maximum Gasteiger partial charge on any atom is 0.255 e. The Morgan fingerprint density at radius 1 is 0.328 bits per heavy atom. The molecule has 0 spiro atoms. The van der Waals surface area contributed by atoms with Crippen molar-refractivity contribution in [2.45, 2.75) is 121 Å². The zero-order chi connectivity index (χ0) is 82.5. The molecule has 0 aromatic heterocycles. The summed E-state index contributed by atoms with van der Waals surface area (Å²) in [5, 5.41) is 61.3. The second-order valence-electron chi connectivity index (χ2n) is 36.8. The number of amides is 2. The summed E-state index contributed by atoms with van der Waals surface area (Å²) in [6.45, 7) is 10.0. The van der Waals surface area contributed by atoms with Crippen molar-refractivity contribution in [3.63, 3.8) is 0 Å². The monoisotopic (exact) mass is 1540 g/mol. The van der Waals surface area contributed by atoms with Crippen molar-refractivity contribution in [1.29, 1.82) is 0 Å². The topological polar surface area (TPSA) is 139 Å². The number of phenolic OH excluding ortho intramolecular Hbond substituents is 4. The van der Waals surface area contributed by atoms with Crippen molar-refractivity contribution < 1.29 is 30.0 Å². The molecule has 578 valence electrons. The summed E-state index contributed by atoms with van der Waals surface area (Å²) < 4.78 is 0. The van der Waals surface area contributed by atoms with Gasteiger partial charge in [0.25, 0.3) is 11.8 Å². The van der Waals surface area contributed by atoms with Gasteiger partial charge in [-0.3, -0.25) is 9.59 Å². The van der Waals surface area contributed by atoms with Crippen LogP contribution in [0, 0.1) is 108 Å². The van der Waals surface area contributed by atoms with E-state index in [1.54, 1.807) is 60.7 Å². The van der Waals surface area contributed by atoms with Crippen molar-refractivity contribution in [3.05, 3.63) is 308 Å². The quantitative estimate of drug-likeness (QED) is 0.0600. The number of rotatable bonds is 14. The number of carbonyl (C=O) groups is 2. The summed E-state index contributed by atoms with van der Waals surface area (Å²) in [6.07, 6.45) is 53.1. The van der Waals surface area contributed by atoms with Gasteiger partial charge < -0.3 is 31.1 Å². The highest BCUT2D eigenvalue weighted by Gasteiger charge is 2.63. The maximum atomic E-state index is 15.9. The van der Waals surface area contributed by atoms with E-state index >= 15 is 9.59 Å². The summed E-state index contributed by atoms with van der Waals surface area (Å²) in [5.74, 6) is 15.9. The van der Waals surface area contributed by atoms with E-state index in [4.69, 9.17) is 38.5 Å². The number of benzene rings is 12. The SMILES string of the molecule is C#Cc1cccc(C(=O)Nc2c(C#C)c(O)c(-c3ccccc3)c(C#C)c2-c2cc(O)c(-c3ccccc3)cc2C2(c3cc(-c4ccccc4)c(O)cc3-c3c(C#C)c(-c4ccccc4)c(O)c(C#C)c3NC(=O)c3cccc(C#C)c3)c3cc(C45CC6CC(C)(CC(C)(C6)C4)C5)ccc3-c3ccc(C45CC6CC(C)(CC(C)(C6)C4)C5)cc32)c1. The number of fused-ring (bicyclic) bond motifs is 3. The highest BCUT2D eigenvalue weighted by atomic mass is 16.3. The third-order valence-electron chi connectivity index (χ3n) is 28.1. The Balaban J connectivity index is 1.07. The van der Waals surface area contributed by atoms with E-state index in [2.05, 4.69) is 122 Å². The highest BCUT2D eigenvalue weighted by Crippen LogP contribution is 2.74. The van der Waals surface area contributed by atoms with Crippen molar-refractivity contribution in [2.24, 2.45) is 33.5 Å². The lowest BCUT2D eigenvalue weighted by atomic mass is 9.39. The summed E-state index contributed by atoms with van der Waals surface area (Å²) in [6, 6.07) is 73.3. The van der Waals surface area contributed by atoms with E-state index in [0.29, 0.717) is 67.5 Å². The molecule has 4 atom stereocenters. The fourth-order valence-corrected chi connectivity index (χ4v) is 25.6. The minimum absolute atomic E-state index is 0.0358. The Bertz CT molecular complexity index is 6200. The standard InChI is InChI=1S/C111H88N2O6/c1-11-67-31-29-41-75(47-67)103(118)112-99-81(15-5)101(116)95(73-37-25-19-26-38-73)79(13-3)97(99)87-53-93(114)85(71-33-21-17-22-34-71)51-91(87)111(89-49-77(109-59-69-55-105(7,63-109)61-106(8,56-69)64-109)43-45-83(89)84-46-44-78(50-90(84)111)110-60-70-57-107(9,65-110)62-108(10,58-70)66-110)92-52-86(72-35-23-18-24-36-72)94(115)54-88(92)98-80(14-4)96(74-39-27-20-28-40-74)102(117)82(16-6)100(98)113-104(119)76-42-30-32-68(12-2)48-76/h1-6,17-54,69-70,114-117H,55-66H2,7-10H3,(H,112,118)(H,113,119). The van der Waals surface area contributed by atoms with Crippen LogP contribution in [0.25, 0.3) is 77.9 Å². The van der Waals surface area contributed by atoms with E-state index in [-0.39, 0.29) is 134 Å². The lowest BCUT2D eigenvalue weighted by Crippen LogP contribution is -2.56. The molecule has 0 radical (unpaired) electrons. The molecule has 2 amide bonds. The summed E-state index contributed by atoms with van der Waals surface area (Å²) in [7, 11) is 0. The first-order valence-electron chi connectivity index (χ1n) is 41.2. The van der Waals surface area contributed by atoms with E-state index in [1.807, 2.05) is 121 Å². The first kappa shape index (κ1) is 75.2. The van der Waals surface area contributed by atoms with Crippen LogP contribution in [-0.2, 0) is 16.2 Å². The molecule has 9 aliphatic carbocycles. The van der Waals surface area contributed by atoms with E-state index in [9.17, 15) is 20.4 Å². The molecule has 9 aliphatic rings. The second-order valence-corrected chi connectivity index (χ2v) is 36.8. The number of anilines is 2. The second kappa shape index (κ2) is 27.7. The molecule has 8 nitrogen and oxygen atoms in total. The smallest absolute Gasteiger partial charge is 0.255 e. The first-order valence-corrected chi connectivity index (χ1v) is 41.2. The lowest BCUT2D eigenvalue weighted by Gasteiger charge is -2.65. The molecule has 12 aromatic rings. The number of phenols is 4. The molecule has 8 bridgehead atoms. The number of nitrogens with one attached hydrogen (secondary N) is 2. The lowest BCUT2D eigenvalue weighted by molar-refractivity contribution is -0.110. The van der Waals surface area contributed by atoms with Gasteiger partial charge in [-0.05, 0) is 260 Å². The Hall–Kier alpha value is -13.9. The van der Waals surface area contributed by atoms with Crippen molar-refractivity contribution in [3.8, 4) is 175 Å². The fourth-order valence-electron chi connectivity index (χ4n) is 25.6. The van der Waals surface area contributed by atoms with Crippen LogP contribution >= 0.6 is 0 Å². The molecule has 0 saturated heterocycles. The summed E-state index contributed by atoms with van der Waals surface area (Å²) in [4.78, 5) is 31.8. The van der Waals surface area contributed by atoms with Crippen molar-refractivity contribution >= 4 is 23.2 Å². The minimum Gasteiger partial charge on any atom is -0.507 e. The number of hydrogen-bond acceptors (Lipinski definition) is 6. The van der Waals surface area contributed by atoms with Crippen LogP contribution in [0.15, 0.2) is 231 Å². The number of hydrogen-bond donors (Lipinski definition) is 6. The molecule has 4 unspecified atom stereocenters. The number of aromatic hydroxyl groups is 4. The third kappa shape index (κ3) is 11.9. The van der Waals surface area contributed by atoms with Crippen LogP contribution in [0.1, 0.15) is 192 Å². The average molecular weight is 1550 g/mol. The van der Waals surface area contributed by atoms with E-state index in [0.717, 1.165) is 99.3 Å². The molecule has 8 saturated carbocycles. The van der Waals surface area contributed by atoms with E-state index < -0.39 is 17.2 Å². The minimum atomic E-state index is -1.83. The molecular formula is C111H88N2O6. The molecule has 8 fully saturated rings. The first-order chi connectivity index (χ1) is 57.4. The highest BCUT2D eigenvalue weighted by molar-refractivity contribution is 6.13. The predicted molar refractivity (Wildman–Crippen MR) is 478 cm³/mol. The molecule has 21 rings (SSSR count). The van der Waals surface area contributed by atoms with Crippen LogP contribution in [0.5, 0.6) is 23.0 Å². The molecule has 12 aromatic carbocycles. The van der Waals surface area contributed by atoms with Gasteiger partial charge in [-0.15, -0.1) is 38.5 Å². The van der Waals surface area contributed by atoms with Crippen LogP contribution in [0.4, 0.5) is 11.4 Å². The van der Waals surface area contributed by atoms with Crippen molar-refractivity contribution in [2.75, 3.05) is 10.6 Å². The molecule has 0 heterocycles. The molecule has 8 heteroatoms. The molecular weight excluding hydrogens is 1460 g/mol. The van der Waals surface area contributed by atoms with Gasteiger partial charge in [0.1, 0.15) is 23.0 Å². The van der Waals surface area contributed by atoms with Gasteiger partial charge in [0.2, 0.25) is 0 Å². The van der Waals surface area contributed by atoms with Gasteiger partial charge in [-0.25, -0.2) is 0 Å². The van der Waals surface area contributed by atoms with Gasteiger partial charge in [0, 0.05) is 66.8 Å².